The van der Waals surface area contributed by atoms with Gasteiger partial charge in [-0.3, -0.25) is 14.9 Å². The number of hydrogen-bond donors (Lipinski definition) is 0. The Labute approximate surface area is 230 Å². The summed E-state index contributed by atoms with van der Waals surface area (Å²) in [6.45, 7) is 4.01. The fourth-order valence-electron chi connectivity index (χ4n) is 3.59. The predicted octanol–water partition coefficient (Wildman–Crippen LogP) is 7.35. The zero-order valence-electron chi connectivity index (χ0n) is 19.8. The van der Waals surface area contributed by atoms with Gasteiger partial charge in [0, 0.05) is 27.0 Å². The average Bonchev–Trinajstić information content (AvgIpc) is 2.87. The highest BCUT2D eigenvalue weighted by Gasteiger charge is 2.21. The number of halogens is 3. The molecule has 1 heterocycles. The second-order valence-corrected chi connectivity index (χ2v) is 10.1. The number of nitro groups is 1. The van der Waals surface area contributed by atoms with Crippen LogP contribution in [0, 0.1) is 10.1 Å². The van der Waals surface area contributed by atoms with Gasteiger partial charge in [-0.25, -0.2) is 4.98 Å². The van der Waals surface area contributed by atoms with E-state index in [1.807, 2.05) is 19.9 Å². The van der Waals surface area contributed by atoms with Crippen LogP contribution in [0.4, 0.5) is 5.69 Å². The van der Waals surface area contributed by atoms with E-state index >= 15 is 0 Å². The minimum Gasteiger partial charge on any atom is -0.481 e. The SMILES string of the molecule is CC[C@@H](C)c1nc2ccc(Br)cc2c(=O)n1N=Cc1cc(Cl)c(OCc2ccc(Cl)cc2)c([N+](=O)[O-])c1. The Kier molecular flexibility index (Phi) is 8.26. The highest BCUT2D eigenvalue weighted by Crippen LogP contribution is 2.36. The van der Waals surface area contributed by atoms with Gasteiger partial charge < -0.3 is 4.74 Å². The zero-order chi connectivity index (χ0) is 26.7. The predicted molar refractivity (Wildman–Crippen MR) is 149 cm³/mol. The van der Waals surface area contributed by atoms with E-state index in [0.717, 1.165) is 16.5 Å². The van der Waals surface area contributed by atoms with Crippen LogP contribution >= 0.6 is 39.1 Å². The van der Waals surface area contributed by atoms with E-state index < -0.39 is 4.92 Å². The minimum absolute atomic E-state index is 0.0414. The summed E-state index contributed by atoms with van der Waals surface area (Å²) in [4.78, 5) is 29.2. The molecule has 1 atom stereocenters. The maximum atomic E-state index is 13.3. The van der Waals surface area contributed by atoms with Crippen LogP contribution < -0.4 is 10.3 Å². The topological polar surface area (TPSA) is 99.6 Å². The molecule has 4 rings (SSSR count). The lowest BCUT2D eigenvalue weighted by molar-refractivity contribution is -0.385. The van der Waals surface area contributed by atoms with Crippen LogP contribution in [0.3, 0.4) is 0 Å². The number of aromatic nitrogens is 2. The number of nitro benzene ring substituents is 1. The van der Waals surface area contributed by atoms with Crippen LogP contribution in [0.5, 0.6) is 5.75 Å². The summed E-state index contributed by atoms with van der Waals surface area (Å²) in [7, 11) is 0. The third kappa shape index (κ3) is 6.01. The molecule has 0 saturated carbocycles. The third-order valence-corrected chi connectivity index (χ3v) is 6.77. The molecule has 3 aromatic carbocycles. The number of ether oxygens (including phenoxy) is 1. The van der Waals surface area contributed by atoms with Crippen molar-refractivity contribution in [2.24, 2.45) is 5.10 Å². The second kappa shape index (κ2) is 11.4. The van der Waals surface area contributed by atoms with Gasteiger partial charge in [0.2, 0.25) is 5.75 Å². The van der Waals surface area contributed by atoms with Crippen molar-refractivity contribution in [1.82, 2.24) is 9.66 Å². The number of benzene rings is 3. The molecule has 0 aliphatic heterocycles. The van der Waals surface area contributed by atoms with Gasteiger partial charge in [0.1, 0.15) is 12.4 Å². The van der Waals surface area contributed by atoms with Gasteiger partial charge >= 0.3 is 5.69 Å². The number of hydrogen-bond acceptors (Lipinski definition) is 6. The third-order valence-electron chi connectivity index (χ3n) is 5.75. The van der Waals surface area contributed by atoms with Crippen LogP contribution in [-0.4, -0.2) is 20.8 Å². The van der Waals surface area contributed by atoms with Crippen molar-refractivity contribution < 1.29 is 9.66 Å². The van der Waals surface area contributed by atoms with Gasteiger partial charge in [-0.2, -0.15) is 9.78 Å². The number of fused-ring (bicyclic) bond motifs is 1. The van der Waals surface area contributed by atoms with E-state index in [1.54, 1.807) is 36.4 Å². The van der Waals surface area contributed by atoms with E-state index in [9.17, 15) is 14.9 Å². The Morgan fingerprint density at radius 1 is 1.19 bits per heavy atom. The molecule has 0 radical (unpaired) electrons. The first-order valence-electron chi connectivity index (χ1n) is 11.3. The van der Waals surface area contributed by atoms with E-state index in [-0.39, 0.29) is 34.5 Å². The smallest absolute Gasteiger partial charge is 0.313 e. The van der Waals surface area contributed by atoms with E-state index in [1.165, 1.54) is 23.0 Å². The van der Waals surface area contributed by atoms with Crippen molar-refractivity contribution in [1.29, 1.82) is 0 Å². The largest absolute Gasteiger partial charge is 0.481 e. The molecule has 11 heteroatoms. The summed E-state index contributed by atoms with van der Waals surface area (Å²) in [6.07, 6.45) is 2.08. The maximum absolute atomic E-state index is 13.3. The Hall–Kier alpha value is -3.27. The molecule has 0 N–H and O–H groups in total. The van der Waals surface area contributed by atoms with Gasteiger partial charge in [0.25, 0.3) is 5.56 Å². The first kappa shape index (κ1) is 26.8. The van der Waals surface area contributed by atoms with Crippen LogP contribution in [0.2, 0.25) is 10.0 Å². The van der Waals surface area contributed by atoms with Crippen molar-refractivity contribution in [3.8, 4) is 5.75 Å². The van der Waals surface area contributed by atoms with Crippen LogP contribution in [0.1, 0.15) is 43.1 Å². The van der Waals surface area contributed by atoms with Crippen molar-refractivity contribution in [2.45, 2.75) is 32.8 Å². The standard InChI is InChI=1S/C26H21BrCl2N4O4/c1-3-15(2)25-31-22-9-6-18(27)12-20(22)26(34)32(25)30-13-17-10-21(29)24(23(11-17)33(35)36)37-14-16-4-7-19(28)8-5-16/h4-13,15H,3,14H2,1-2H3/t15-/m1/s1. The Morgan fingerprint density at radius 3 is 2.59 bits per heavy atom. The first-order valence-corrected chi connectivity index (χ1v) is 12.8. The first-order chi connectivity index (χ1) is 17.7. The van der Waals surface area contributed by atoms with Crippen molar-refractivity contribution in [3.05, 3.63) is 107 Å². The molecule has 0 aliphatic carbocycles. The Bertz CT molecular complexity index is 1570. The second-order valence-electron chi connectivity index (χ2n) is 8.33. The van der Waals surface area contributed by atoms with Gasteiger partial charge in [-0.05, 0) is 48.4 Å². The lowest BCUT2D eigenvalue weighted by atomic mass is 10.1. The fraction of sp³-hybridized carbons (Fsp3) is 0.192. The van der Waals surface area contributed by atoms with E-state index in [0.29, 0.717) is 27.3 Å². The maximum Gasteiger partial charge on any atom is 0.313 e. The fourth-order valence-corrected chi connectivity index (χ4v) is 4.36. The summed E-state index contributed by atoms with van der Waals surface area (Å²) in [5.74, 6) is 0.370. The molecule has 1 aromatic heterocycles. The highest BCUT2D eigenvalue weighted by atomic mass is 79.9. The molecule has 190 valence electrons. The molecule has 0 saturated heterocycles. The quantitative estimate of drug-likeness (QED) is 0.119. The molecule has 0 bridgehead atoms. The van der Waals surface area contributed by atoms with Crippen LogP contribution in [-0.2, 0) is 6.61 Å². The molecule has 37 heavy (non-hydrogen) atoms. The molecule has 0 unspecified atom stereocenters. The van der Waals surface area contributed by atoms with Crippen molar-refractivity contribution in [2.75, 3.05) is 0 Å². The van der Waals surface area contributed by atoms with Crippen molar-refractivity contribution in [3.63, 3.8) is 0 Å². The summed E-state index contributed by atoms with van der Waals surface area (Å²) in [5.41, 5.74) is 0.995. The molecule has 8 nitrogen and oxygen atoms in total. The molecular weight excluding hydrogens is 583 g/mol. The lowest BCUT2D eigenvalue weighted by Gasteiger charge is -2.14. The molecular formula is C26H21BrCl2N4O4. The summed E-state index contributed by atoms with van der Waals surface area (Å²) in [6, 6.07) is 15.0. The average molecular weight is 604 g/mol. The normalized spacial score (nSPS) is 12.2. The zero-order valence-corrected chi connectivity index (χ0v) is 22.9. The monoisotopic (exact) mass is 602 g/mol. The van der Waals surface area contributed by atoms with Gasteiger partial charge in [-0.1, -0.05) is 65.1 Å². The number of rotatable bonds is 8. The molecule has 0 fully saturated rings. The Morgan fingerprint density at radius 2 is 1.92 bits per heavy atom. The lowest BCUT2D eigenvalue weighted by Crippen LogP contribution is -2.23. The van der Waals surface area contributed by atoms with Crippen LogP contribution in [0.25, 0.3) is 10.9 Å². The number of nitrogens with zero attached hydrogens (tertiary/aromatic N) is 4. The van der Waals surface area contributed by atoms with Crippen molar-refractivity contribution >= 4 is 61.9 Å². The molecule has 4 aromatic rings. The highest BCUT2D eigenvalue weighted by molar-refractivity contribution is 9.10. The summed E-state index contributed by atoms with van der Waals surface area (Å²) in [5, 5.41) is 17.2. The van der Waals surface area contributed by atoms with Gasteiger partial charge in [0.15, 0.2) is 0 Å². The molecule has 0 aliphatic rings. The van der Waals surface area contributed by atoms with Gasteiger partial charge in [0.05, 0.1) is 27.1 Å². The van der Waals surface area contributed by atoms with E-state index in [2.05, 4.69) is 26.0 Å². The minimum atomic E-state index is -0.577. The van der Waals surface area contributed by atoms with Gasteiger partial charge in [-0.15, -0.1) is 0 Å². The summed E-state index contributed by atoms with van der Waals surface area (Å²) < 4.78 is 7.65. The molecule has 0 spiro atoms. The molecule has 0 amide bonds. The Balaban J connectivity index is 1.73. The van der Waals surface area contributed by atoms with Crippen LogP contribution in [0.15, 0.2) is 69.0 Å². The summed E-state index contributed by atoms with van der Waals surface area (Å²) >= 11 is 15.7. The van der Waals surface area contributed by atoms with E-state index in [4.69, 9.17) is 27.9 Å².